The molecule has 0 saturated heterocycles. The summed E-state index contributed by atoms with van der Waals surface area (Å²) in [5.74, 6) is -0.836. The fourth-order valence-electron chi connectivity index (χ4n) is 5.39. The zero-order valence-electron chi connectivity index (χ0n) is 20.6. The second-order valence-corrected chi connectivity index (χ2v) is 10.1. The molecule has 35 heavy (non-hydrogen) atoms. The van der Waals surface area contributed by atoms with Crippen molar-refractivity contribution in [2.75, 3.05) is 20.2 Å². The molecule has 0 spiro atoms. The van der Waals surface area contributed by atoms with Gasteiger partial charge in [0.15, 0.2) is 0 Å². The topological polar surface area (TPSA) is 95.9 Å². The molecule has 2 aromatic carbocycles. The number of nitrogens with one attached hydrogen (secondary N) is 1. The number of ether oxygens (including phenoxy) is 1. The van der Waals surface area contributed by atoms with Crippen molar-refractivity contribution in [2.24, 2.45) is 11.3 Å². The van der Waals surface area contributed by atoms with Gasteiger partial charge in [-0.3, -0.25) is 4.79 Å². The average molecular weight is 479 g/mol. The quantitative estimate of drug-likeness (QED) is 0.604. The van der Waals surface area contributed by atoms with Gasteiger partial charge in [-0.05, 0) is 60.8 Å². The van der Waals surface area contributed by atoms with Crippen molar-refractivity contribution in [3.63, 3.8) is 0 Å². The predicted octanol–water partition coefficient (Wildman–Crippen LogP) is 4.65. The first-order valence-corrected chi connectivity index (χ1v) is 12.3. The van der Waals surface area contributed by atoms with E-state index in [9.17, 15) is 19.5 Å². The van der Waals surface area contributed by atoms with Crippen LogP contribution in [0.3, 0.4) is 0 Å². The highest BCUT2D eigenvalue weighted by Gasteiger charge is 2.44. The Balaban J connectivity index is 1.43. The molecule has 4 rings (SSSR count). The Labute approximate surface area is 206 Å². The molecule has 2 N–H and O–H groups in total. The molecule has 0 aliphatic heterocycles. The summed E-state index contributed by atoms with van der Waals surface area (Å²) in [6, 6.07) is 15.4. The average Bonchev–Trinajstić information content (AvgIpc) is 3.19. The van der Waals surface area contributed by atoms with Gasteiger partial charge in [-0.1, -0.05) is 55.5 Å². The third-order valence-corrected chi connectivity index (χ3v) is 7.86. The number of likely N-dealkylation sites (N-methyl/N-ethyl adjacent to an activating group) is 1. The Kier molecular flexibility index (Phi) is 7.15. The molecular formula is C28H34N2O5. The number of amides is 2. The third-order valence-electron chi connectivity index (χ3n) is 7.86. The van der Waals surface area contributed by atoms with E-state index in [0.29, 0.717) is 18.8 Å². The number of fused-ring (bicyclic) bond motifs is 3. The van der Waals surface area contributed by atoms with Crippen molar-refractivity contribution in [1.29, 1.82) is 0 Å². The molecule has 1 saturated carbocycles. The number of aliphatic carboxylic acids is 1. The number of carbonyl (C=O) groups is 3. The molecule has 1 unspecified atom stereocenters. The van der Waals surface area contributed by atoms with Crippen LogP contribution < -0.4 is 5.32 Å². The Morgan fingerprint density at radius 3 is 2.14 bits per heavy atom. The van der Waals surface area contributed by atoms with Gasteiger partial charge in [0, 0.05) is 19.5 Å². The lowest BCUT2D eigenvalue weighted by Crippen LogP contribution is -2.54. The van der Waals surface area contributed by atoms with E-state index < -0.39 is 23.5 Å². The number of carbonyl (C=O) groups excluding carboxylic acids is 2. The SMILES string of the molecule is CC1CCC(CNC(=O)OCC2c3ccccc3-c3ccccc32)(C(=O)N(C)C(C)C(=O)O)CC1. The minimum atomic E-state index is -1.05. The van der Waals surface area contributed by atoms with Crippen molar-refractivity contribution in [1.82, 2.24) is 10.2 Å². The minimum absolute atomic E-state index is 0.0400. The fourth-order valence-corrected chi connectivity index (χ4v) is 5.39. The monoisotopic (exact) mass is 478 g/mol. The van der Waals surface area contributed by atoms with E-state index in [-0.39, 0.29) is 25.0 Å². The number of hydrogen-bond acceptors (Lipinski definition) is 4. The van der Waals surface area contributed by atoms with E-state index in [1.165, 1.54) is 18.9 Å². The summed E-state index contributed by atoms with van der Waals surface area (Å²) in [7, 11) is 1.52. The summed E-state index contributed by atoms with van der Waals surface area (Å²) >= 11 is 0. The summed E-state index contributed by atoms with van der Waals surface area (Å²) in [5, 5.41) is 12.2. The van der Waals surface area contributed by atoms with Crippen LogP contribution in [0.4, 0.5) is 4.79 Å². The Hall–Kier alpha value is -3.35. The van der Waals surface area contributed by atoms with Gasteiger partial charge in [-0.2, -0.15) is 0 Å². The normalized spacial score (nSPS) is 22.0. The molecule has 2 amide bonds. The molecule has 7 heteroatoms. The lowest BCUT2D eigenvalue weighted by Gasteiger charge is -2.41. The molecule has 2 aliphatic rings. The lowest BCUT2D eigenvalue weighted by atomic mass is 9.69. The highest BCUT2D eigenvalue weighted by Crippen LogP contribution is 2.44. The van der Waals surface area contributed by atoms with Gasteiger partial charge in [0.05, 0.1) is 5.41 Å². The van der Waals surface area contributed by atoms with Crippen LogP contribution >= 0.6 is 0 Å². The van der Waals surface area contributed by atoms with Crippen LogP contribution in [0, 0.1) is 11.3 Å². The van der Waals surface area contributed by atoms with Crippen molar-refractivity contribution in [3.05, 3.63) is 59.7 Å². The summed E-state index contributed by atoms with van der Waals surface area (Å²) in [5.41, 5.74) is 3.77. The molecule has 1 fully saturated rings. The van der Waals surface area contributed by atoms with Crippen LogP contribution in [0.1, 0.15) is 56.6 Å². The van der Waals surface area contributed by atoms with Crippen LogP contribution in [0.25, 0.3) is 11.1 Å². The second kappa shape index (κ2) is 10.1. The summed E-state index contributed by atoms with van der Waals surface area (Å²) in [4.78, 5) is 38.9. The van der Waals surface area contributed by atoms with E-state index in [0.717, 1.165) is 35.1 Å². The first kappa shape index (κ1) is 24.8. The number of carboxylic acid groups (broad SMARTS) is 1. The predicted molar refractivity (Wildman–Crippen MR) is 133 cm³/mol. The van der Waals surface area contributed by atoms with Crippen molar-refractivity contribution >= 4 is 18.0 Å². The number of rotatable bonds is 7. The van der Waals surface area contributed by atoms with Gasteiger partial charge < -0.3 is 20.1 Å². The van der Waals surface area contributed by atoms with Crippen molar-refractivity contribution in [3.8, 4) is 11.1 Å². The maximum absolute atomic E-state index is 13.4. The largest absolute Gasteiger partial charge is 0.480 e. The van der Waals surface area contributed by atoms with E-state index in [2.05, 4.69) is 36.5 Å². The minimum Gasteiger partial charge on any atom is -0.480 e. The van der Waals surface area contributed by atoms with Crippen LogP contribution in [-0.2, 0) is 14.3 Å². The zero-order chi connectivity index (χ0) is 25.2. The van der Waals surface area contributed by atoms with Gasteiger partial charge in [0.1, 0.15) is 12.6 Å². The summed E-state index contributed by atoms with van der Waals surface area (Å²) in [6.45, 7) is 3.98. The molecule has 0 bridgehead atoms. The first-order valence-electron chi connectivity index (χ1n) is 12.3. The molecule has 186 valence electrons. The summed E-state index contributed by atoms with van der Waals surface area (Å²) < 4.78 is 5.65. The van der Waals surface area contributed by atoms with Crippen LogP contribution in [0.15, 0.2) is 48.5 Å². The third kappa shape index (κ3) is 4.90. The van der Waals surface area contributed by atoms with Gasteiger partial charge in [-0.15, -0.1) is 0 Å². The molecule has 7 nitrogen and oxygen atoms in total. The van der Waals surface area contributed by atoms with Gasteiger partial charge in [0.2, 0.25) is 5.91 Å². The van der Waals surface area contributed by atoms with E-state index in [1.807, 2.05) is 24.3 Å². The van der Waals surface area contributed by atoms with Crippen LogP contribution in [0.5, 0.6) is 0 Å². The molecular weight excluding hydrogens is 444 g/mol. The lowest BCUT2D eigenvalue weighted by molar-refractivity contribution is -0.154. The Morgan fingerprint density at radius 1 is 1.06 bits per heavy atom. The molecule has 0 heterocycles. The van der Waals surface area contributed by atoms with E-state index in [4.69, 9.17) is 4.74 Å². The van der Waals surface area contributed by atoms with Crippen LogP contribution in [0.2, 0.25) is 0 Å². The number of benzene rings is 2. The molecule has 0 radical (unpaired) electrons. The number of alkyl carbamates (subject to hydrolysis) is 1. The van der Waals surface area contributed by atoms with Gasteiger partial charge >= 0.3 is 12.1 Å². The summed E-state index contributed by atoms with van der Waals surface area (Å²) in [6.07, 6.45) is 2.35. The number of nitrogens with zero attached hydrogens (tertiary/aromatic N) is 1. The smallest absolute Gasteiger partial charge is 0.407 e. The molecule has 1 atom stereocenters. The molecule has 2 aliphatic carbocycles. The highest BCUT2D eigenvalue weighted by molar-refractivity contribution is 5.88. The highest BCUT2D eigenvalue weighted by atomic mass is 16.5. The fraction of sp³-hybridized carbons (Fsp3) is 0.464. The second-order valence-electron chi connectivity index (χ2n) is 10.1. The van der Waals surface area contributed by atoms with Gasteiger partial charge in [-0.25, -0.2) is 9.59 Å². The Bertz CT molecular complexity index is 1060. The standard InChI is InChI=1S/C28H34N2O5/c1-18-12-14-28(15-13-18,26(33)30(3)19(2)25(31)32)17-29-27(34)35-16-24-22-10-6-4-8-20(22)21-9-5-7-11-23(21)24/h4-11,18-19,24H,12-17H2,1-3H3,(H,29,34)(H,31,32). The van der Waals surface area contributed by atoms with E-state index >= 15 is 0 Å². The maximum Gasteiger partial charge on any atom is 0.407 e. The number of carboxylic acids is 1. The van der Waals surface area contributed by atoms with E-state index in [1.54, 1.807) is 0 Å². The van der Waals surface area contributed by atoms with Crippen molar-refractivity contribution in [2.45, 2.75) is 51.5 Å². The maximum atomic E-state index is 13.4. The first-order chi connectivity index (χ1) is 16.7. The molecule has 0 aromatic heterocycles. The Morgan fingerprint density at radius 2 is 1.60 bits per heavy atom. The number of hydrogen-bond donors (Lipinski definition) is 2. The van der Waals surface area contributed by atoms with Crippen LogP contribution in [-0.4, -0.2) is 54.2 Å². The zero-order valence-corrected chi connectivity index (χ0v) is 20.6. The van der Waals surface area contributed by atoms with Crippen molar-refractivity contribution < 1.29 is 24.2 Å². The van der Waals surface area contributed by atoms with Gasteiger partial charge in [0.25, 0.3) is 0 Å². The molecule has 2 aromatic rings.